The number of nitrogens with one attached hydrogen (secondary N) is 1. The van der Waals surface area contributed by atoms with Gasteiger partial charge in [-0.1, -0.05) is 37.3 Å². The normalized spacial score (nSPS) is 18.0. The lowest BCUT2D eigenvalue weighted by molar-refractivity contribution is -0.119. The van der Waals surface area contributed by atoms with Crippen molar-refractivity contribution in [3.8, 4) is 11.4 Å². The predicted molar refractivity (Wildman–Crippen MR) is 120 cm³/mol. The van der Waals surface area contributed by atoms with E-state index in [9.17, 15) is 9.90 Å². The maximum atomic E-state index is 13.0. The number of rotatable bonds is 6. The standard InChI is InChI=1S/C25H27N3O3/c1-4-18(25(30)27-24-20-8-6-5-7-19(20)13-22(24)29)11-17-9-10-21(23(12-17)31-3)28-14-16(2)26-15-28/h5-12,14-15,22,24,29H,4,13H2,1-3H3,(H,27,30)/b18-11+/t22-,24+/m0/s1. The smallest absolute Gasteiger partial charge is 0.247 e. The molecule has 4 rings (SSSR count). The fourth-order valence-corrected chi connectivity index (χ4v) is 4.06. The Morgan fingerprint density at radius 1 is 1.32 bits per heavy atom. The highest BCUT2D eigenvalue weighted by atomic mass is 16.5. The summed E-state index contributed by atoms with van der Waals surface area (Å²) in [6.07, 6.45) is 6.06. The molecule has 6 nitrogen and oxygen atoms in total. The van der Waals surface area contributed by atoms with E-state index >= 15 is 0 Å². The molecule has 2 atom stereocenters. The topological polar surface area (TPSA) is 76.4 Å². The Kier molecular flexibility index (Phi) is 5.91. The van der Waals surface area contributed by atoms with Crippen LogP contribution in [0.1, 0.15) is 41.8 Å². The number of benzene rings is 2. The van der Waals surface area contributed by atoms with Crippen molar-refractivity contribution in [1.29, 1.82) is 0 Å². The Morgan fingerprint density at radius 2 is 2.13 bits per heavy atom. The maximum absolute atomic E-state index is 13.0. The van der Waals surface area contributed by atoms with Crippen molar-refractivity contribution in [3.05, 3.63) is 82.9 Å². The molecular weight excluding hydrogens is 390 g/mol. The molecule has 1 heterocycles. The molecule has 160 valence electrons. The second-order valence-corrected chi connectivity index (χ2v) is 7.80. The zero-order valence-corrected chi connectivity index (χ0v) is 18.0. The van der Waals surface area contributed by atoms with Gasteiger partial charge in [0.1, 0.15) is 5.75 Å². The molecule has 1 aliphatic rings. The molecule has 0 unspecified atom stereocenters. The summed E-state index contributed by atoms with van der Waals surface area (Å²) in [7, 11) is 1.63. The van der Waals surface area contributed by atoms with Gasteiger partial charge in [-0.3, -0.25) is 4.79 Å². The Labute approximate surface area is 182 Å². The van der Waals surface area contributed by atoms with Crippen LogP contribution < -0.4 is 10.1 Å². The maximum Gasteiger partial charge on any atom is 0.247 e. The van der Waals surface area contributed by atoms with Crippen molar-refractivity contribution in [2.24, 2.45) is 0 Å². The van der Waals surface area contributed by atoms with Crippen molar-refractivity contribution < 1.29 is 14.6 Å². The molecule has 3 aromatic rings. The van der Waals surface area contributed by atoms with Crippen LogP contribution in [-0.4, -0.2) is 33.8 Å². The van der Waals surface area contributed by atoms with Crippen LogP contribution in [0.15, 0.2) is 60.6 Å². The Morgan fingerprint density at radius 3 is 2.84 bits per heavy atom. The van der Waals surface area contributed by atoms with E-state index in [0.717, 1.165) is 28.1 Å². The lowest BCUT2D eigenvalue weighted by Gasteiger charge is -2.19. The molecule has 1 amide bonds. The highest BCUT2D eigenvalue weighted by molar-refractivity contribution is 5.98. The number of ether oxygens (including phenoxy) is 1. The van der Waals surface area contributed by atoms with E-state index in [1.54, 1.807) is 13.4 Å². The first-order valence-corrected chi connectivity index (χ1v) is 10.5. The molecule has 0 spiro atoms. The Bertz CT molecular complexity index is 1130. The summed E-state index contributed by atoms with van der Waals surface area (Å²) in [5.41, 5.74) is 5.39. The fourth-order valence-electron chi connectivity index (χ4n) is 4.06. The molecule has 0 aliphatic heterocycles. The quantitative estimate of drug-likeness (QED) is 0.599. The van der Waals surface area contributed by atoms with Crippen LogP contribution in [0.5, 0.6) is 5.75 Å². The SMILES string of the molecule is CC/C(=C\c1ccc(-n2cnc(C)c2)c(OC)c1)C(=O)N[C@@H]1c2ccccc2C[C@@H]1O. The van der Waals surface area contributed by atoms with Gasteiger partial charge in [-0.25, -0.2) is 4.98 Å². The van der Waals surface area contributed by atoms with Crippen molar-refractivity contribution in [2.75, 3.05) is 7.11 Å². The van der Waals surface area contributed by atoms with Gasteiger partial charge >= 0.3 is 0 Å². The van der Waals surface area contributed by atoms with Gasteiger partial charge in [-0.15, -0.1) is 0 Å². The number of imidazole rings is 1. The first kappa shape index (κ1) is 20.9. The number of hydrogen-bond acceptors (Lipinski definition) is 4. The van der Waals surface area contributed by atoms with Gasteiger partial charge < -0.3 is 19.7 Å². The second kappa shape index (κ2) is 8.78. The molecule has 1 aliphatic carbocycles. The number of aliphatic hydroxyl groups excluding tert-OH is 1. The van der Waals surface area contributed by atoms with Gasteiger partial charge in [0.05, 0.1) is 37.0 Å². The van der Waals surface area contributed by atoms with Crippen LogP contribution in [0, 0.1) is 6.92 Å². The summed E-state index contributed by atoms with van der Waals surface area (Å²) >= 11 is 0. The van der Waals surface area contributed by atoms with Crippen LogP contribution in [0.25, 0.3) is 11.8 Å². The molecule has 0 saturated carbocycles. The average molecular weight is 418 g/mol. The van der Waals surface area contributed by atoms with Gasteiger partial charge in [0.15, 0.2) is 0 Å². The van der Waals surface area contributed by atoms with Crippen LogP contribution in [-0.2, 0) is 11.2 Å². The third-order valence-corrected chi connectivity index (χ3v) is 5.70. The van der Waals surface area contributed by atoms with Crippen molar-refractivity contribution >= 4 is 12.0 Å². The summed E-state index contributed by atoms with van der Waals surface area (Å²) < 4.78 is 7.49. The minimum Gasteiger partial charge on any atom is -0.495 e. The first-order valence-electron chi connectivity index (χ1n) is 10.5. The van der Waals surface area contributed by atoms with Crippen molar-refractivity contribution in [1.82, 2.24) is 14.9 Å². The van der Waals surface area contributed by atoms with E-state index in [1.165, 1.54) is 0 Å². The molecular formula is C25H27N3O3. The van der Waals surface area contributed by atoms with Crippen LogP contribution in [0.4, 0.5) is 0 Å². The first-order chi connectivity index (χ1) is 15.0. The molecule has 6 heteroatoms. The van der Waals surface area contributed by atoms with E-state index in [0.29, 0.717) is 24.2 Å². The number of aliphatic hydroxyl groups is 1. The third-order valence-electron chi connectivity index (χ3n) is 5.70. The third kappa shape index (κ3) is 4.25. The van der Waals surface area contributed by atoms with Gasteiger partial charge in [0.25, 0.3) is 0 Å². The lowest BCUT2D eigenvalue weighted by Crippen LogP contribution is -2.34. The van der Waals surface area contributed by atoms with Crippen molar-refractivity contribution in [2.45, 2.75) is 38.8 Å². The Balaban J connectivity index is 1.57. The largest absolute Gasteiger partial charge is 0.495 e. The number of methoxy groups -OCH3 is 1. The number of nitrogens with zero attached hydrogens (tertiary/aromatic N) is 2. The molecule has 0 radical (unpaired) electrons. The highest BCUT2D eigenvalue weighted by Gasteiger charge is 2.32. The summed E-state index contributed by atoms with van der Waals surface area (Å²) in [6, 6.07) is 13.3. The molecule has 2 aromatic carbocycles. The minimum absolute atomic E-state index is 0.170. The summed E-state index contributed by atoms with van der Waals surface area (Å²) in [5.74, 6) is 0.527. The molecule has 0 saturated heterocycles. The van der Waals surface area contributed by atoms with Gasteiger partial charge in [0, 0.05) is 18.2 Å². The average Bonchev–Trinajstić information content (AvgIpc) is 3.34. The van der Waals surface area contributed by atoms with E-state index in [4.69, 9.17) is 4.74 Å². The van der Waals surface area contributed by atoms with Gasteiger partial charge in [-0.2, -0.15) is 0 Å². The number of carbonyl (C=O) groups is 1. The number of hydrogen-bond donors (Lipinski definition) is 2. The van der Waals surface area contributed by atoms with Crippen molar-refractivity contribution in [3.63, 3.8) is 0 Å². The second-order valence-electron chi connectivity index (χ2n) is 7.80. The van der Waals surface area contributed by atoms with Gasteiger partial charge in [-0.05, 0) is 48.2 Å². The number of aromatic nitrogens is 2. The molecule has 0 fully saturated rings. The van der Waals surface area contributed by atoms with E-state index in [1.807, 2.05) is 73.2 Å². The van der Waals surface area contributed by atoms with E-state index < -0.39 is 6.10 Å². The summed E-state index contributed by atoms with van der Waals surface area (Å²) in [4.78, 5) is 17.3. The monoisotopic (exact) mass is 417 g/mol. The van der Waals surface area contributed by atoms with E-state index in [2.05, 4.69) is 10.3 Å². The summed E-state index contributed by atoms with van der Waals surface area (Å²) in [5, 5.41) is 13.5. The number of fused-ring (bicyclic) bond motifs is 1. The van der Waals surface area contributed by atoms with Crippen LogP contribution >= 0.6 is 0 Å². The summed E-state index contributed by atoms with van der Waals surface area (Å²) in [6.45, 7) is 3.89. The van der Waals surface area contributed by atoms with Crippen LogP contribution in [0.2, 0.25) is 0 Å². The molecule has 0 bridgehead atoms. The molecule has 2 N–H and O–H groups in total. The van der Waals surface area contributed by atoms with Crippen LogP contribution in [0.3, 0.4) is 0 Å². The number of aryl methyl sites for hydroxylation is 1. The zero-order valence-electron chi connectivity index (χ0n) is 18.0. The Hall–Kier alpha value is -3.38. The molecule has 1 aromatic heterocycles. The predicted octanol–water partition coefficient (Wildman–Crippen LogP) is 3.76. The lowest BCUT2D eigenvalue weighted by atomic mass is 10.0. The molecule has 31 heavy (non-hydrogen) atoms. The number of carbonyl (C=O) groups excluding carboxylic acids is 1. The fraction of sp³-hybridized carbons (Fsp3) is 0.280. The minimum atomic E-state index is -0.613. The zero-order chi connectivity index (χ0) is 22.0. The van der Waals surface area contributed by atoms with Gasteiger partial charge in [0.2, 0.25) is 5.91 Å². The number of amides is 1. The highest BCUT2D eigenvalue weighted by Crippen LogP contribution is 2.32. The van der Waals surface area contributed by atoms with E-state index in [-0.39, 0.29) is 11.9 Å².